The number of benzene rings is 2. The van der Waals surface area contributed by atoms with Gasteiger partial charge < -0.3 is 19.4 Å². The van der Waals surface area contributed by atoms with E-state index in [1.165, 1.54) is 283 Å². The molecule has 0 aromatic heterocycles. The Morgan fingerprint density at radius 1 is 0.412 bits per heavy atom. The van der Waals surface area contributed by atoms with Gasteiger partial charge in [0, 0.05) is 6.42 Å². The van der Waals surface area contributed by atoms with E-state index in [2.05, 4.69) is 130 Å². The number of rotatable bonds is 47. The van der Waals surface area contributed by atoms with Gasteiger partial charge in [-0.2, -0.15) is 12.8 Å². The van der Waals surface area contributed by atoms with E-state index in [-0.39, 0.29) is 16.5 Å². The Morgan fingerprint density at radius 2 is 0.738 bits per heavy atom. The Morgan fingerprint density at radius 3 is 1.10 bits per heavy atom. The molecule has 0 atom stereocenters. The van der Waals surface area contributed by atoms with Gasteiger partial charge in [-0.1, -0.05) is 309 Å². The summed E-state index contributed by atoms with van der Waals surface area (Å²) in [6.07, 6.45) is 61.1. The first-order valence-electron chi connectivity index (χ1n) is 34.7. The Hall–Kier alpha value is -2.61. The summed E-state index contributed by atoms with van der Waals surface area (Å²) in [5.41, 5.74) is 24.4. The van der Waals surface area contributed by atoms with Crippen molar-refractivity contribution in [3.63, 3.8) is 0 Å². The Kier molecular flexibility index (Phi) is 59.1. The summed E-state index contributed by atoms with van der Waals surface area (Å²) in [4.78, 5) is 3.50. The molecule has 0 N–H and O–H groups in total. The van der Waals surface area contributed by atoms with Crippen molar-refractivity contribution in [2.24, 2.45) is 0 Å². The van der Waals surface area contributed by atoms with Crippen LogP contribution in [0.5, 0.6) is 0 Å². The van der Waals surface area contributed by atoms with Crippen molar-refractivity contribution in [3.05, 3.63) is 99.3 Å². The van der Waals surface area contributed by atoms with Crippen LogP contribution in [0.25, 0.3) is 11.1 Å². The SMILES string of the molecule is CCCCCCC#CC(=C=[N+]=[N-])C(CCCC)=C(c1cc(C)c(C)c(C)c1)c1cc(CCCCCC)c(CCCCCC)c(CCCCCC)c1.[CH2-]CCCCCCCCCCCCC.[CH2-]CCCCCCCCCCCCC.[Ni+2]. The van der Waals surface area contributed by atoms with Crippen LogP contribution < -0.4 is 0 Å². The number of unbranched alkanes of at least 4 members (excludes halogenated alkanes) is 36. The third-order valence-corrected chi connectivity index (χ3v) is 16.4. The first kappa shape index (κ1) is 79.5. The fourth-order valence-electron chi connectivity index (χ4n) is 11.0. The molecule has 0 aliphatic rings. The van der Waals surface area contributed by atoms with Crippen molar-refractivity contribution < 1.29 is 21.3 Å². The zero-order chi connectivity index (χ0) is 58.2. The van der Waals surface area contributed by atoms with Crippen LogP contribution in [0, 0.1) is 46.5 Å². The van der Waals surface area contributed by atoms with Crippen molar-refractivity contribution in [1.82, 2.24) is 0 Å². The van der Waals surface area contributed by atoms with Gasteiger partial charge in [0.1, 0.15) is 0 Å². The summed E-state index contributed by atoms with van der Waals surface area (Å²) in [6.45, 7) is 30.4. The second-order valence-electron chi connectivity index (χ2n) is 23.9. The zero-order valence-electron chi connectivity index (χ0n) is 55.2. The van der Waals surface area contributed by atoms with E-state index in [9.17, 15) is 5.53 Å². The van der Waals surface area contributed by atoms with Gasteiger partial charge >= 0.3 is 22.4 Å². The van der Waals surface area contributed by atoms with Gasteiger partial charge in [-0.25, -0.2) is 0 Å². The average molecular weight is 1140 g/mol. The fraction of sp³-hybridized carbons (Fsp3) is 0.740. The quantitative estimate of drug-likeness (QED) is 0.00926. The van der Waals surface area contributed by atoms with Crippen molar-refractivity contribution >= 4 is 11.4 Å². The molecule has 0 aliphatic carbocycles. The molecule has 0 saturated carbocycles. The van der Waals surface area contributed by atoms with Crippen molar-refractivity contribution in [2.75, 3.05) is 0 Å². The van der Waals surface area contributed by atoms with Crippen molar-refractivity contribution in [3.8, 4) is 11.8 Å². The zero-order valence-corrected chi connectivity index (χ0v) is 56.2. The summed E-state index contributed by atoms with van der Waals surface area (Å²) in [5.74, 6) is 9.95. The van der Waals surface area contributed by atoms with Gasteiger partial charge in [0.2, 0.25) is 0 Å². The summed E-state index contributed by atoms with van der Waals surface area (Å²) < 4.78 is 0. The minimum absolute atomic E-state index is 0. The molecule has 0 aliphatic heterocycles. The standard InChI is InChI=1S/C49H74N2.2C14H29.Ni/c1-9-14-19-23-24-27-31-44(38-51-50)48(32-18-13-5)49(45-34-39(6)41(8)40(7)35-45)46-36-42(29-25-20-15-10-2)47(33-28-22-17-12-4)43(37-46)30-26-21-16-11-3;2*1-3-5-7-9-11-13-14-12-10-8-6-4-2;/h34-37H,9-26,28-30,32-33H2,1-8H3;2*1,3-14H2,2H3;/q;2*-1;+2. The van der Waals surface area contributed by atoms with Gasteiger partial charge in [0.15, 0.2) is 5.57 Å². The summed E-state index contributed by atoms with van der Waals surface area (Å²) in [5, 5.41) is 0. The largest absolute Gasteiger partial charge is 2.00 e. The van der Waals surface area contributed by atoms with Gasteiger partial charge in [0.25, 0.3) is 0 Å². The van der Waals surface area contributed by atoms with Crippen LogP contribution in [0.2, 0.25) is 0 Å². The van der Waals surface area contributed by atoms with Crippen LogP contribution in [0.3, 0.4) is 0 Å². The Labute approximate surface area is 511 Å². The normalized spacial score (nSPS) is 11.1. The molecule has 2 nitrogen and oxygen atoms in total. The molecule has 2 aromatic rings. The maximum absolute atomic E-state index is 9.96. The molecule has 0 heterocycles. The molecule has 0 radical (unpaired) electrons. The maximum atomic E-state index is 9.96. The van der Waals surface area contributed by atoms with Crippen LogP contribution in [-0.2, 0) is 35.8 Å². The number of hydrogen-bond donors (Lipinski definition) is 0. The van der Waals surface area contributed by atoms with Crippen LogP contribution in [0.15, 0.2) is 35.4 Å². The minimum atomic E-state index is 0. The second kappa shape index (κ2) is 59.5. The smallest absolute Gasteiger partial charge is 0.348 e. The molecule has 0 bridgehead atoms. The number of aryl methyl sites for hydroxylation is 4. The Balaban J connectivity index is 0. The number of nitrogens with zero attached hydrogens (tertiary/aromatic N) is 2. The van der Waals surface area contributed by atoms with Crippen LogP contribution in [-0.4, -0.2) is 10.7 Å². The van der Waals surface area contributed by atoms with E-state index >= 15 is 0 Å². The second-order valence-corrected chi connectivity index (χ2v) is 23.9. The molecule has 2 aromatic carbocycles. The first-order valence-corrected chi connectivity index (χ1v) is 34.7. The molecule has 460 valence electrons. The average Bonchev–Trinajstić information content (AvgIpc) is 3.45. The minimum Gasteiger partial charge on any atom is -0.348 e. The predicted molar refractivity (Wildman–Crippen MR) is 358 cm³/mol. The predicted octanol–water partition coefficient (Wildman–Crippen LogP) is 25.8. The maximum Gasteiger partial charge on any atom is 2.00 e. The number of hydrogen-bond acceptors (Lipinski definition) is 0. The monoisotopic (exact) mass is 1140 g/mol. The molecular formula is C77H132N2Ni. The van der Waals surface area contributed by atoms with E-state index < -0.39 is 0 Å². The molecular weight excluding hydrogens is 1010 g/mol. The third-order valence-electron chi connectivity index (χ3n) is 16.4. The van der Waals surface area contributed by atoms with E-state index in [0.717, 1.165) is 63.4 Å². The van der Waals surface area contributed by atoms with E-state index in [1.807, 2.05) is 0 Å². The molecule has 0 saturated heterocycles. The molecule has 0 fully saturated rings. The Bertz CT molecular complexity index is 1810. The molecule has 2 rings (SSSR count). The van der Waals surface area contributed by atoms with E-state index in [4.69, 9.17) is 0 Å². The summed E-state index contributed by atoms with van der Waals surface area (Å²) in [6, 6.07) is 9.90. The van der Waals surface area contributed by atoms with Crippen LogP contribution >= 0.6 is 0 Å². The molecule has 80 heavy (non-hydrogen) atoms. The molecule has 3 heteroatoms. The third kappa shape index (κ3) is 41.4. The van der Waals surface area contributed by atoms with Gasteiger partial charge in [-0.3, -0.25) is 0 Å². The van der Waals surface area contributed by atoms with Gasteiger partial charge in [-0.05, 0) is 134 Å². The molecule has 0 amide bonds. The van der Waals surface area contributed by atoms with Crippen molar-refractivity contribution in [1.29, 1.82) is 0 Å². The topological polar surface area (TPSA) is 36.4 Å². The van der Waals surface area contributed by atoms with Crippen molar-refractivity contribution in [2.45, 2.75) is 371 Å². The molecule has 0 spiro atoms. The van der Waals surface area contributed by atoms with Gasteiger partial charge in [0.05, 0.1) is 0 Å². The van der Waals surface area contributed by atoms with Crippen LogP contribution in [0.1, 0.15) is 375 Å². The number of allylic oxidation sites excluding steroid dienone is 2. The molecule has 0 unspecified atom stereocenters. The summed E-state index contributed by atoms with van der Waals surface area (Å²) in [7, 11) is 0. The first-order chi connectivity index (χ1) is 38.7. The fourth-order valence-corrected chi connectivity index (χ4v) is 11.0. The van der Waals surface area contributed by atoms with Gasteiger partial charge in [-0.15, -0.1) is 4.79 Å². The van der Waals surface area contributed by atoms with Crippen LogP contribution in [0.4, 0.5) is 0 Å². The van der Waals surface area contributed by atoms with E-state index in [0.29, 0.717) is 0 Å². The van der Waals surface area contributed by atoms with E-state index in [1.54, 1.807) is 16.7 Å². The summed E-state index contributed by atoms with van der Waals surface area (Å²) >= 11 is 0.